The minimum atomic E-state index is 0.0570. The van der Waals surface area contributed by atoms with Gasteiger partial charge in [-0.3, -0.25) is 9.59 Å². The third kappa shape index (κ3) is 4.57. The number of likely N-dealkylation sites (tertiary alicyclic amines) is 1. The SMILES string of the molecule is O=C1CCCN1CC(=O)N1CCO[C@H](CCCc2ccccc2)C1. The highest BCUT2D eigenvalue weighted by Gasteiger charge is 2.28. The molecule has 2 aliphatic rings. The number of benzene rings is 1. The van der Waals surface area contributed by atoms with E-state index in [0.717, 1.165) is 32.2 Å². The highest BCUT2D eigenvalue weighted by molar-refractivity contribution is 5.85. The molecule has 0 bridgehead atoms. The average Bonchev–Trinajstić information content (AvgIpc) is 3.01. The fourth-order valence-corrected chi connectivity index (χ4v) is 3.43. The molecule has 2 aliphatic heterocycles. The summed E-state index contributed by atoms with van der Waals surface area (Å²) in [5, 5.41) is 0. The van der Waals surface area contributed by atoms with Crippen molar-refractivity contribution >= 4 is 11.8 Å². The molecular weight excluding hydrogens is 304 g/mol. The van der Waals surface area contributed by atoms with Gasteiger partial charge in [0.2, 0.25) is 11.8 Å². The number of aryl methyl sites for hydroxylation is 1. The van der Waals surface area contributed by atoms with Gasteiger partial charge in [0.15, 0.2) is 0 Å². The molecule has 5 heteroatoms. The fourth-order valence-electron chi connectivity index (χ4n) is 3.43. The van der Waals surface area contributed by atoms with Crippen LogP contribution in [0.5, 0.6) is 0 Å². The van der Waals surface area contributed by atoms with E-state index in [-0.39, 0.29) is 24.5 Å². The first kappa shape index (κ1) is 17.0. The van der Waals surface area contributed by atoms with Crippen LogP contribution in [-0.2, 0) is 20.7 Å². The maximum Gasteiger partial charge on any atom is 0.242 e. The first-order valence-electron chi connectivity index (χ1n) is 8.93. The first-order chi connectivity index (χ1) is 11.7. The van der Waals surface area contributed by atoms with Gasteiger partial charge in [-0.05, 0) is 31.2 Å². The van der Waals surface area contributed by atoms with Gasteiger partial charge in [0.1, 0.15) is 0 Å². The van der Waals surface area contributed by atoms with Crippen molar-refractivity contribution in [3.8, 4) is 0 Å². The summed E-state index contributed by atoms with van der Waals surface area (Å²) in [6, 6.07) is 10.4. The van der Waals surface area contributed by atoms with E-state index in [2.05, 4.69) is 24.3 Å². The van der Waals surface area contributed by atoms with E-state index in [0.29, 0.717) is 26.1 Å². The van der Waals surface area contributed by atoms with Gasteiger partial charge in [-0.25, -0.2) is 0 Å². The Morgan fingerprint density at radius 1 is 1.21 bits per heavy atom. The molecule has 2 amide bonds. The van der Waals surface area contributed by atoms with E-state index in [1.54, 1.807) is 4.90 Å². The second kappa shape index (κ2) is 8.29. The molecule has 5 nitrogen and oxygen atoms in total. The van der Waals surface area contributed by atoms with Crippen molar-refractivity contribution in [2.75, 3.05) is 32.8 Å². The lowest BCUT2D eigenvalue weighted by molar-refractivity contribution is -0.143. The van der Waals surface area contributed by atoms with Crippen molar-refractivity contribution in [1.29, 1.82) is 0 Å². The first-order valence-corrected chi connectivity index (χ1v) is 8.93. The smallest absolute Gasteiger partial charge is 0.242 e. The molecule has 24 heavy (non-hydrogen) atoms. The molecule has 0 spiro atoms. The highest BCUT2D eigenvalue weighted by Crippen LogP contribution is 2.15. The van der Waals surface area contributed by atoms with E-state index >= 15 is 0 Å². The monoisotopic (exact) mass is 330 g/mol. The zero-order valence-corrected chi connectivity index (χ0v) is 14.2. The number of morpholine rings is 1. The molecule has 0 N–H and O–H groups in total. The van der Waals surface area contributed by atoms with Crippen molar-refractivity contribution in [2.24, 2.45) is 0 Å². The van der Waals surface area contributed by atoms with Crippen molar-refractivity contribution in [2.45, 2.75) is 38.2 Å². The summed E-state index contributed by atoms with van der Waals surface area (Å²) in [6.45, 7) is 2.83. The van der Waals surface area contributed by atoms with Gasteiger partial charge in [0.05, 0.1) is 19.3 Å². The van der Waals surface area contributed by atoms with E-state index in [9.17, 15) is 9.59 Å². The Morgan fingerprint density at radius 3 is 2.79 bits per heavy atom. The van der Waals surface area contributed by atoms with Crippen LogP contribution in [0.1, 0.15) is 31.2 Å². The average molecular weight is 330 g/mol. The number of amides is 2. The molecule has 0 unspecified atom stereocenters. The van der Waals surface area contributed by atoms with Gasteiger partial charge in [0, 0.05) is 26.1 Å². The van der Waals surface area contributed by atoms with Crippen molar-refractivity contribution < 1.29 is 14.3 Å². The predicted molar refractivity (Wildman–Crippen MR) is 91.5 cm³/mol. The third-order valence-electron chi connectivity index (χ3n) is 4.82. The Kier molecular flexibility index (Phi) is 5.86. The molecule has 2 heterocycles. The van der Waals surface area contributed by atoms with Crippen molar-refractivity contribution in [3.63, 3.8) is 0 Å². The Labute approximate surface area is 143 Å². The van der Waals surface area contributed by atoms with Gasteiger partial charge in [-0.2, -0.15) is 0 Å². The van der Waals surface area contributed by atoms with E-state index in [4.69, 9.17) is 4.74 Å². The zero-order valence-electron chi connectivity index (χ0n) is 14.2. The van der Waals surface area contributed by atoms with Gasteiger partial charge in [-0.15, -0.1) is 0 Å². The number of nitrogens with zero attached hydrogens (tertiary/aromatic N) is 2. The lowest BCUT2D eigenvalue weighted by atomic mass is 10.1. The second-order valence-corrected chi connectivity index (χ2v) is 6.63. The maximum absolute atomic E-state index is 12.4. The number of ether oxygens (including phenoxy) is 1. The summed E-state index contributed by atoms with van der Waals surface area (Å²) < 4.78 is 5.81. The van der Waals surface area contributed by atoms with Gasteiger partial charge >= 0.3 is 0 Å². The minimum Gasteiger partial charge on any atom is -0.375 e. The molecule has 1 aromatic rings. The zero-order chi connectivity index (χ0) is 16.8. The maximum atomic E-state index is 12.4. The van der Waals surface area contributed by atoms with E-state index in [1.165, 1.54) is 5.56 Å². The Hall–Kier alpha value is -1.88. The molecular formula is C19H26N2O3. The number of rotatable bonds is 6. The fraction of sp³-hybridized carbons (Fsp3) is 0.579. The van der Waals surface area contributed by atoms with Crippen LogP contribution in [-0.4, -0.2) is 60.5 Å². The third-order valence-corrected chi connectivity index (χ3v) is 4.82. The normalized spacial score (nSPS) is 21.3. The molecule has 3 rings (SSSR count). The van der Waals surface area contributed by atoms with E-state index in [1.807, 2.05) is 11.0 Å². The summed E-state index contributed by atoms with van der Waals surface area (Å²) in [7, 11) is 0. The lowest BCUT2D eigenvalue weighted by Crippen LogP contribution is -2.49. The van der Waals surface area contributed by atoms with Crippen LogP contribution < -0.4 is 0 Å². The molecule has 0 aliphatic carbocycles. The Morgan fingerprint density at radius 2 is 2.04 bits per heavy atom. The molecule has 2 saturated heterocycles. The standard InChI is InChI=1S/C19H26N2O3/c22-18-10-5-11-20(18)15-19(23)21-12-13-24-17(14-21)9-4-8-16-6-2-1-3-7-16/h1-3,6-7,17H,4-5,8-15H2/t17-/m1/s1. The second-order valence-electron chi connectivity index (χ2n) is 6.63. The topological polar surface area (TPSA) is 49.9 Å². The molecule has 0 saturated carbocycles. The molecule has 2 fully saturated rings. The highest BCUT2D eigenvalue weighted by atomic mass is 16.5. The van der Waals surface area contributed by atoms with Crippen LogP contribution in [0.3, 0.4) is 0 Å². The van der Waals surface area contributed by atoms with Crippen LogP contribution in [0.25, 0.3) is 0 Å². The Balaban J connectivity index is 1.42. The lowest BCUT2D eigenvalue weighted by Gasteiger charge is -2.34. The van der Waals surface area contributed by atoms with Crippen molar-refractivity contribution in [3.05, 3.63) is 35.9 Å². The van der Waals surface area contributed by atoms with E-state index < -0.39 is 0 Å². The minimum absolute atomic E-state index is 0.0570. The van der Waals surface area contributed by atoms with Crippen LogP contribution >= 0.6 is 0 Å². The van der Waals surface area contributed by atoms with Crippen LogP contribution in [0.2, 0.25) is 0 Å². The summed E-state index contributed by atoms with van der Waals surface area (Å²) in [6.07, 6.45) is 4.62. The number of hydrogen-bond acceptors (Lipinski definition) is 3. The van der Waals surface area contributed by atoms with Gasteiger partial charge in [-0.1, -0.05) is 30.3 Å². The van der Waals surface area contributed by atoms with Crippen molar-refractivity contribution in [1.82, 2.24) is 9.80 Å². The quantitative estimate of drug-likeness (QED) is 0.800. The van der Waals surface area contributed by atoms with Gasteiger partial charge < -0.3 is 14.5 Å². The van der Waals surface area contributed by atoms with Crippen LogP contribution in [0.4, 0.5) is 0 Å². The summed E-state index contributed by atoms with van der Waals surface area (Å²) in [4.78, 5) is 27.6. The predicted octanol–water partition coefficient (Wildman–Crippen LogP) is 1.86. The summed E-state index contributed by atoms with van der Waals surface area (Å²) in [5.74, 6) is 0.164. The molecule has 1 aromatic carbocycles. The largest absolute Gasteiger partial charge is 0.375 e. The molecule has 0 radical (unpaired) electrons. The number of hydrogen-bond donors (Lipinski definition) is 0. The molecule has 0 aromatic heterocycles. The number of carbonyl (C=O) groups excluding carboxylic acids is 2. The van der Waals surface area contributed by atoms with Crippen LogP contribution in [0.15, 0.2) is 30.3 Å². The molecule has 1 atom stereocenters. The van der Waals surface area contributed by atoms with Crippen LogP contribution in [0, 0.1) is 0 Å². The number of carbonyl (C=O) groups is 2. The summed E-state index contributed by atoms with van der Waals surface area (Å²) in [5.41, 5.74) is 1.34. The Bertz CT molecular complexity index is 561. The van der Waals surface area contributed by atoms with Gasteiger partial charge in [0.25, 0.3) is 0 Å². The summed E-state index contributed by atoms with van der Waals surface area (Å²) >= 11 is 0. The molecule has 130 valence electrons.